The second-order valence-electron chi connectivity index (χ2n) is 8.14. The van der Waals surface area contributed by atoms with Gasteiger partial charge < -0.3 is 0 Å². The van der Waals surface area contributed by atoms with Crippen molar-refractivity contribution < 1.29 is 18.0 Å². The molecule has 2 aromatic rings. The van der Waals surface area contributed by atoms with Gasteiger partial charge in [-0.2, -0.15) is 13.2 Å². The van der Waals surface area contributed by atoms with E-state index in [2.05, 4.69) is 0 Å². The third-order valence-corrected chi connectivity index (χ3v) is 6.43. The first-order chi connectivity index (χ1) is 15.2. The highest BCUT2D eigenvalue weighted by Crippen LogP contribution is 2.34. The lowest BCUT2D eigenvalue weighted by Crippen LogP contribution is -2.42. The quantitative estimate of drug-likeness (QED) is 0.485. The van der Waals surface area contributed by atoms with E-state index in [1.165, 1.54) is 12.1 Å². The van der Waals surface area contributed by atoms with Crippen molar-refractivity contribution in [1.82, 2.24) is 4.90 Å². The van der Waals surface area contributed by atoms with Crippen LogP contribution in [0.15, 0.2) is 78.9 Å². The maximum absolute atomic E-state index is 13.0. The molecule has 2 nitrogen and oxygen atoms in total. The van der Waals surface area contributed by atoms with Gasteiger partial charge in [0, 0.05) is 13.1 Å². The monoisotopic (exact) mass is 457 g/mol. The summed E-state index contributed by atoms with van der Waals surface area (Å²) in [4.78, 5) is 13.9. The van der Waals surface area contributed by atoms with Crippen LogP contribution in [0.2, 0.25) is 0 Å². The third kappa shape index (κ3) is 5.05. The number of rotatable bonds is 5. The summed E-state index contributed by atoms with van der Waals surface area (Å²) in [7, 11) is 0. The summed E-state index contributed by atoms with van der Waals surface area (Å²) in [6.07, 6.45) is 4.20. The molecule has 0 aromatic heterocycles. The predicted molar refractivity (Wildman–Crippen MR) is 122 cm³/mol. The number of alkyl halides is 4. The summed E-state index contributed by atoms with van der Waals surface area (Å²) in [5.41, 5.74) is 2.92. The minimum atomic E-state index is -4.36. The van der Waals surface area contributed by atoms with Crippen molar-refractivity contribution in [2.75, 3.05) is 19.6 Å². The molecule has 1 aliphatic heterocycles. The van der Waals surface area contributed by atoms with Crippen molar-refractivity contribution in [3.05, 3.63) is 95.6 Å². The molecule has 0 bridgehead atoms. The summed E-state index contributed by atoms with van der Waals surface area (Å²) < 4.78 is 39.0. The molecule has 0 fully saturated rings. The molecular weight excluding hydrogens is 435 g/mol. The Morgan fingerprint density at radius 2 is 1.78 bits per heavy atom. The molecule has 1 heterocycles. The van der Waals surface area contributed by atoms with Crippen molar-refractivity contribution in [2.24, 2.45) is 0 Å². The second-order valence-corrected chi connectivity index (χ2v) is 8.82. The third-order valence-electron chi connectivity index (χ3n) is 5.94. The molecule has 1 atom stereocenters. The largest absolute Gasteiger partial charge is 0.416 e. The van der Waals surface area contributed by atoms with Gasteiger partial charge in [0.05, 0.1) is 12.1 Å². The van der Waals surface area contributed by atoms with Crippen LogP contribution in [-0.4, -0.2) is 35.2 Å². The normalized spacial score (nSPS) is 21.8. The topological polar surface area (TPSA) is 20.3 Å². The van der Waals surface area contributed by atoms with Gasteiger partial charge in [0.1, 0.15) is 4.87 Å². The zero-order valence-electron chi connectivity index (χ0n) is 17.4. The average molecular weight is 458 g/mol. The number of nitrogens with zero attached hydrogens (tertiary/aromatic N) is 1. The first kappa shape index (κ1) is 22.6. The predicted octanol–water partition coefficient (Wildman–Crippen LogP) is 6.38. The highest BCUT2D eigenvalue weighted by Gasteiger charge is 2.35. The van der Waals surface area contributed by atoms with Gasteiger partial charge in [0.15, 0.2) is 5.78 Å². The fourth-order valence-corrected chi connectivity index (χ4v) is 4.21. The molecule has 4 rings (SSSR count). The Morgan fingerprint density at radius 1 is 1.03 bits per heavy atom. The molecule has 6 heteroatoms. The van der Waals surface area contributed by atoms with Crippen molar-refractivity contribution in [1.29, 1.82) is 0 Å². The van der Waals surface area contributed by atoms with Gasteiger partial charge in [-0.25, -0.2) is 0 Å². The van der Waals surface area contributed by atoms with Crippen LogP contribution in [0.5, 0.6) is 0 Å². The van der Waals surface area contributed by atoms with Crippen LogP contribution in [0, 0.1) is 0 Å². The van der Waals surface area contributed by atoms with Crippen LogP contribution in [0.1, 0.15) is 29.5 Å². The second kappa shape index (κ2) is 9.08. The van der Waals surface area contributed by atoms with Gasteiger partial charge >= 0.3 is 6.18 Å². The Kier molecular flexibility index (Phi) is 6.40. The smallest absolute Gasteiger partial charge is 0.296 e. The minimum Gasteiger partial charge on any atom is -0.296 e. The fraction of sp³-hybridized carbons (Fsp3) is 0.269. The van der Waals surface area contributed by atoms with E-state index in [9.17, 15) is 18.0 Å². The van der Waals surface area contributed by atoms with Gasteiger partial charge in [0.2, 0.25) is 0 Å². The highest BCUT2D eigenvalue weighted by molar-refractivity contribution is 6.37. The lowest BCUT2D eigenvalue weighted by Gasteiger charge is -2.30. The van der Waals surface area contributed by atoms with Crippen molar-refractivity contribution in [3.8, 4) is 0 Å². The fourth-order valence-electron chi connectivity index (χ4n) is 4.01. The standard InChI is InChI=1S/C26H23ClF3NO/c27-25(13-9-20(10-14-25)19-5-2-1-3-6-19)24(32)18-31-15-11-21(12-16-31)22-7-4-8-23(17-22)26(28,29)30/h1-11,13,17H,12,14-16,18H2. The Balaban J connectivity index is 1.37. The van der Waals surface area contributed by atoms with E-state index >= 15 is 0 Å². The highest BCUT2D eigenvalue weighted by atomic mass is 35.5. The summed E-state index contributed by atoms with van der Waals surface area (Å²) >= 11 is 6.65. The molecule has 0 saturated heterocycles. The number of halogens is 4. The summed E-state index contributed by atoms with van der Waals surface area (Å²) in [5, 5.41) is 0. The molecule has 1 unspecified atom stereocenters. The van der Waals surface area contributed by atoms with Crippen molar-refractivity contribution in [2.45, 2.75) is 23.9 Å². The van der Waals surface area contributed by atoms with Crippen LogP contribution >= 0.6 is 11.6 Å². The minimum absolute atomic E-state index is 0.0744. The van der Waals surface area contributed by atoms with Gasteiger partial charge in [-0.15, -0.1) is 11.6 Å². The molecule has 2 aromatic carbocycles. The number of carbonyl (C=O) groups excluding carboxylic acids is 1. The van der Waals surface area contributed by atoms with E-state index in [4.69, 9.17) is 11.6 Å². The Hall–Kier alpha value is -2.63. The zero-order chi connectivity index (χ0) is 22.8. The lowest BCUT2D eigenvalue weighted by molar-refractivity contribution is -0.137. The van der Waals surface area contributed by atoms with Gasteiger partial charge in [-0.3, -0.25) is 9.69 Å². The van der Waals surface area contributed by atoms with E-state index < -0.39 is 16.6 Å². The Bertz CT molecular complexity index is 1090. The molecule has 1 aliphatic carbocycles. The summed E-state index contributed by atoms with van der Waals surface area (Å²) in [6, 6.07) is 15.3. The van der Waals surface area contributed by atoms with E-state index in [1.54, 1.807) is 12.1 Å². The number of hydrogen-bond donors (Lipinski definition) is 0. The van der Waals surface area contributed by atoms with Gasteiger partial charge in [0.25, 0.3) is 0 Å². The Labute approximate surface area is 190 Å². The van der Waals surface area contributed by atoms with Crippen LogP contribution in [0.4, 0.5) is 13.2 Å². The summed E-state index contributed by atoms with van der Waals surface area (Å²) in [6.45, 7) is 1.30. The molecule has 2 aliphatic rings. The van der Waals surface area contributed by atoms with E-state index in [-0.39, 0.29) is 12.3 Å². The number of carbonyl (C=O) groups is 1. The van der Waals surface area contributed by atoms with E-state index in [1.807, 2.05) is 53.5 Å². The molecule has 0 amide bonds. The molecule has 166 valence electrons. The van der Waals surface area contributed by atoms with Crippen LogP contribution in [0.25, 0.3) is 11.1 Å². The zero-order valence-corrected chi connectivity index (χ0v) is 18.2. The maximum Gasteiger partial charge on any atom is 0.416 e. The molecule has 0 saturated carbocycles. The first-order valence-electron chi connectivity index (χ1n) is 10.5. The van der Waals surface area contributed by atoms with Gasteiger partial charge in [-0.1, -0.05) is 66.8 Å². The van der Waals surface area contributed by atoms with Gasteiger partial charge in [-0.05, 0) is 47.2 Å². The van der Waals surface area contributed by atoms with E-state index in [0.29, 0.717) is 31.5 Å². The van der Waals surface area contributed by atoms with Crippen LogP contribution < -0.4 is 0 Å². The lowest BCUT2D eigenvalue weighted by atomic mass is 9.89. The first-order valence-corrected chi connectivity index (χ1v) is 10.9. The summed E-state index contributed by atoms with van der Waals surface area (Å²) in [5.74, 6) is -0.0744. The molecule has 0 spiro atoms. The van der Waals surface area contributed by atoms with Crippen molar-refractivity contribution in [3.63, 3.8) is 0 Å². The average Bonchev–Trinajstić information content (AvgIpc) is 2.80. The number of allylic oxidation sites excluding steroid dienone is 4. The molecular formula is C26H23ClF3NO. The molecule has 32 heavy (non-hydrogen) atoms. The number of Topliss-reactive ketones (excluding diaryl/α,β-unsaturated/α-hetero) is 1. The van der Waals surface area contributed by atoms with Crippen molar-refractivity contribution >= 4 is 28.5 Å². The Morgan fingerprint density at radius 3 is 2.41 bits per heavy atom. The maximum atomic E-state index is 13.0. The number of ketones is 1. The van der Waals surface area contributed by atoms with Crippen LogP contribution in [-0.2, 0) is 11.0 Å². The molecule has 0 N–H and O–H groups in total. The SMILES string of the molecule is O=C(CN1CC=C(c2cccc(C(F)(F)F)c2)CC1)C1(Cl)C=CC(c2ccccc2)=CC1. The molecule has 0 radical (unpaired) electrons. The van der Waals surface area contributed by atoms with E-state index in [0.717, 1.165) is 22.8 Å². The van der Waals surface area contributed by atoms with Crippen LogP contribution in [0.3, 0.4) is 0 Å². The number of benzene rings is 2. The number of hydrogen-bond acceptors (Lipinski definition) is 2.